The van der Waals surface area contributed by atoms with Crippen LogP contribution in [0.4, 0.5) is 0 Å². The third-order valence-electron chi connectivity index (χ3n) is 3.61. The summed E-state index contributed by atoms with van der Waals surface area (Å²) in [6, 6.07) is 0. The van der Waals surface area contributed by atoms with Crippen molar-refractivity contribution in [1.29, 1.82) is 0 Å². The molecule has 0 aromatic rings. The van der Waals surface area contributed by atoms with E-state index < -0.39 is 0 Å². The Morgan fingerprint density at radius 2 is 2.30 bits per heavy atom. The zero-order valence-electron chi connectivity index (χ0n) is 11.3. The molecule has 0 spiro atoms. The third-order valence-corrected chi connectivity index (χ3v) is 3.81. The van der Waals surface area contributed by atoms with Crippen LogP contribution in [-0.2, 0) is 0 Å². The number of rotatable bonds is 1. The van der Waals surface area contributed by atoms with Gasteiger partial charge in [-0.15, -0.1) is 0 Å². The lowest BCUT2D eigenvalue weighted by molar-refractivity contribution is 0.480. The fourth-order valence-corrected chi connectivity index (χ4v) is 2.73. The Balaban J connectivity index is 2.10. The van der Waals surface area contributed by atoms with E-state index in [0.29, 0.717) is 11.7 Å². The Morgan fingerprint density at radius 1 is 1.45 bits per heavy atom. The molecule has 1 atom stereocenters. The summed E-state index contributed by atoms with van der Waals surface area (Å²) in [5.74, 6) is 0.249. The quantitative estimate of drug-likeness (QED) is 0.804. The van der Waals surface area contributed by atoms with Crippen LogP contribution in [0, 0.1) is 5.92 Å². The Kier molecular flexibility index (Phi) is 3.36. The molecule has 3 rings (SSSR count). The van der Waals surface area contributed by atoms with Gasteiger partial charge >= 0.3 is 0 Å². The number of halogens is 1. The monoisotopic (exact) mass is 285 g/mol. The molecule has 3 nitrogen and oxygen atoms in total. The van der Waals surface area contributed by atoms with Crippen molar-refractivity contribution in [3.63, 3.8) is 0 Å². The van der Waals surface area contributed by atoms with E-state index in [-0.39, 0.29) is 5.92 Å². The first-order chi connectivity index (χ1) is 9.69. The van der Waals surface area contributed by atoms with Crippen LogP contribution in [0.25, 0.3) is 0 Å². The fourth-order valence-electron chi connectivity index (χ4n) is 2.52. The second-order valence-electron chi connectivity index (χ2n) is 4.93. The van der Waals surface area contributed by atoms with Crippen molar-refractivity contribution in [2.45, 2.75) is 6.92 Å². The molecule has 0 saturated heterocycles. The Morgan fingerprint density at radius 3 is 3.10 bits per heavy atom. The van der Waals surface area contributed by atoms with Gasteiger partial charge in [0.05, 0.1) is 17.9 Å². The van der Waals surface area contributed by atoms with Gasteiger partial charge in [-0.05, 0) is 24.6 Å². The number of hydrogen-bond acceptors (Lipinski definition) is 3. The molecule has 0 amide bonds. The van der Waals surface area contributed by atoms with E-state index in [1.54, 1.807) is 6.20 Å². The van der Waals surface area contributed by atoms with Crippen molar-refractivity contribution in [2.75, 3.05) is 6.54 Å². The minimum Gasteiger partial charge on any atom is -0.403 e. The summed E-state index contributed by atoms with van der Waals surface area (Å²) in [5, 5.41) is 0.581. The van der Waals surface area contributed by atoms with Gasteiger partial charge in [-0.25, -0.2) is 4.99 Å². The number of hydrogen-bond donors (Lipinski definition) is 1. The number of aliphatic imine (C=N–C) groups is 1. The zero-order valence-corrected chi connectivity index (χ0v) is 12.0. The summed E-state index contributed by atoms with van der Waals surface area (Å²) in [5.41, 5.74) is 9.84. The van der Waals surface area contributed by atoms with Crippen LogP contribution in [0.5, 0.6) is 0 Å². The topological polar surface area (TPSA) is 41.6 Å². The van der Waals surface area contributed by atoms with Crippen molar-refractivity contribution < 1.29 is 0 Å². The van der Waals surface area contributed by atoms with Gasteiger partial charge in [0.15, 0.2) is 0 Å². The van der Waals surface area contributed by atoms with E-state index in [1.807, 2.05) is 13.0 Å². The molecule has 1 unspecified atom stereocenters. The van der Waals surface area contributed by atoms with E-state index in [0.717, 1.165) is 17.1 Å². The van der Waals surface area contributed by atoms with Crippen LogP contribution in [0.2, 0.25) is 0 Å². The molecule has 0 fully saturated rings. The minimum atomic E-state index is 0.249. The number of allylic oxidation sites excluding steroid dienone is 9. The van der Waals surface area contributed by atoms with Crippen molar-refractivity contribution in [2.24, 2.45) is 16.6 Å². The summed E-state index contributed by atoms with van der Waals surface area (Å²) >= 11 is 6.17. The fraction of sp³-hybridized carbons (Fsp3) is 0.188. The zero-order chi connectivity index (χ0) is 14.1. The maximum absolute atomic E-state index is 6.17. The predicted octanol–water partition coefficient (Wildman–Crippen LogP) is 3.21. The first kappa shape index (κ1) is 13.0. The van der Waals surface area contributed by atoms with Crippen molar-refractivity contribution in [1.82, 2.24) is 4.90 Å². The van der Waals surface area contributed by atoms with Gasteiger partial charge < -0.3 is 10.6 Å². The molecule has 4 heteroatoms. The largest absolute Gasteiger partial charge is 0.403 e. The van der Waals surface area contributed by atoms with Crippen LogP contribution in [0.15, 0.2) is 76.4 Å². The molecule has 3 aliphatic rings. The van der Waals surface area contributed by atoms with Gasteiger partial charge in [-0.1, -0.05) is 42.0 Å². The van der Waals surface area contributed by atoms with E-state index in [4.69, 9.17) is 17.3 Å². The number of fused-ring (bicyclic) bond motifs is 2. The number of nitrogens with zero attached hydrogens (tertiary/aromatic N) is 2. The normalized spacial score (nSPS) is 25.0. The first-order valence-electron chi connectivity index (χ1n) is 6.57. The molecule has 102 valence electrons. The Labute approximate surface area is 123 Å². The van der Waals surface area contributed by atoms with Gasteiger partial charge in [0.25, 0.3) is 0 Å². The molecule has 2 aliphatic carbocycles. The lowest BCUT2D eigenvalue weighted by Crippen LogP contribution is -2.32. The van der Waals surface area contributed by atoms with Gasteiger partial charge in [-0.2, -0.15) is 0 Å². The predicted molar refractivity (Wildman–Crippen MR) is 84.0 cm³/mol. The van der Waals surface area contributed by atoms with E-state index in [9.17, 15) is 0 Å². The lowest BCUT2D eigenvalue weighted by atomic mass is 9.90. The molecule has 1 heterocycles. The third kappa shape index (κ3) is 2.25. The van der Waals surface area contributed by atoms with Gasteiger partial charge in [0, 0.05) is 17.8 Å². The standard InChI is InChI=1S/C16H16ClN3/c1-11(9-18)20-10-16(17)19-14-7-12-5-3-2-4-6-13(12)8-15(14)20/h2-9,12H,10,18H2,1H3/b11-9-. The average Bonchev–Trinajstić information content (AvgIpc) is 2.68. The van der Waals surface area contributed by atoms with Gasteiger partial charge in [-0.3, -0.25) is 0 Å². The number of nitrogens with two attached hydrogens (primary N) is 1. The SMILES string of the molecule is C/C(=C/N)N1CC(Cl)=NC2=CC3C=CC=CC=C3C=C21. The molecule has 0 aromatic heterocycles. The van der Waals surface area contributed by atoms with E-state index >= 15 is 0 Å². The molecule has 2 N–H and O–H groups in total. The smallest absolute Gasteiger partial charge is 0.126 e. The molecule has 20 heavy (non-hydrogen) atoms. The maximum Gasteiger partial charge on any atom is 0.126 e. The van der Waals surface area contributed by atoms with Crippen LogP contribution in [0.3, 0.4) is 0 Å². The lowest BCUT2D eigenvalue weighted by Gasteiger charge is -2.34. The van der Waals surface area contributed by atoms with Crippen molar-refractivity contribution in [3.05, 3.63) is 71.4 Å². The Hall–Kier alpha value is -2.00. The van der Waals surface area contributed by atoms with Gasteiger partial charge in [0.1, 0.15) is 5.17 Å². The van der Waals surface area contributed by atoms with Crippen molar-refractivity contribution in [3.8, 4) is 0 Å². The molecule has 0 aromatic carbocycles. The molecular weight excluding hydrogens is 270 g/mol. The van der Waals surface area contributed by atoms with E-state index in [1.165, 1.54) is 5.57 Å². The molecule has 0 saturated carbocycles. The summed E-state index contributed by atoms with van der Waals surface area (Å²) in [4.78, 5) is 6.57. The molecule has 0 bridgehead atoms. The summed E-state index contributed by atoms with van der Waals surface area (Å²) < 4.78 is 0. The highest BCUT2D eigenvalue weighted by Gasteiger charge is 2.27. The maximum atomic E-state index is 6.17. The van der Waals surface area contributed by atoms with Crippen LogP contribution >= 0.6 is 11.6 Å². The summed E-state index contributed by atoms with van der Waals surface area (Å²) in [7, 11) is 0. The van der Waals surface area contributed by atoms with Crippen LogP contribution in [-0.4, -0.2) is 16.6 Å². The van der Waals surface area contributed by atoms with Crippen LogP contribution < -0.4 is 5.73 Å². The molecule has 0 radical (unpaired) electrons. The summed E-state index contributed by atoms with van der Waals surface area (Å²) in [6.45, 7) is 2.54. The highest BCUT2D eigenvalue weighted by atomic mass is 35.5. The highest BCUT2D eigenvalue weighted by molar-refractivity contribution is 6.66. The summed E-state index contributed by atoms with van der Waals surface area (Å²) in [6.07, 6.45) is 16.3. The minimum absolute atomic E-state index is 0.249. The van der Waals surface area contributed by atoms with Gasteiger partial charge in [0.2, 0.25) is 0 Å². The first-order valence-corrected chi connectivity index (χ1v) is 6.95. The van der Waals surface area contributed by atoms with Crippen molar-refractivity contribution >= 4 is 16.8 Å². The Bertz CT molecular complexity index is 645. The average molecular weight is 286 g/mol. The second kappa shape index (κ2) is 5.17. The highest BCUT2D eigenvalue weighted by Crippen LogP contribution is 2.35. The molecular formula is C16H16ClN3. The van der Waals surface area contributed by atoms with E-state index in [2.05, 4.69) is 46.3 Å². The molecule has 1 aliphatic heterocycles. The van der Waals surface area contributed by atoms with Crippen LogP contribution in [0.1, 0.15) is 6.92 Å². The second-order valence-corrected chi connectivity index (χ2v) is 5.36.